The minimum atomic E-state index is -0.215. The number of ether oxygens (including phenoxy) is 1. The van der Waals surface area contributed by atoms with Crippen LogP contribution in [0.25, 0.3) is 11.5 Å². The van der Waals surface area contributed by atoms with E-state index in [1.165, 1.54) is 0 Å². The number of aryl methyl sites for hydroxylation is 3. The molecule has 128 valence electrons. The van der Waals surface area contributed by atoms with Crippen molar-refractivity contribution in [3.8, 4) is 17.2 Å². The fraction of sp³-hybridized carbons (Fsp3) is 0.211. The Morgan fingerprint density at radius 2 is 2.00 bits per heavy atom. The van der Waals surface area contributed by atoms with Crippen molar-refractivity contribution in [3.63, 3.8) is 0 Å². The minimum Gasteiger partial charge on any atom is -0.484 e. The first-order chi connectivity index (χ1) is 12.0. The highest BCUT2D eigenvalue weighted by molar-refractivity contribution is 5.92. The summed E-state index contributed by atoms with van der Waals surface area (Å²) in [6.45, 7) is 5.60. The van der Waals surface area contributed by atoms with E-state index in [2.05, 4.69) is 15.5 Å². The Morgan fingerprint density at radius 1 is 1.16 bits per heavy atom. The number of aromatic nitrogens is 2. The maximum absolute atomic E-state index is 12.1. The first kappa shape index (κ1) is 16.7. The van der Waals surface area contributed by atoms with Gasteiger partial charge in [-0.2, -0.15) is 4.98 Å². The highest BCUT2D eigenvalue weighted by atomic mass is 16.5. The van der Waals surface area contributed by atoms with Crippen molar-refractivity contribution in [2.75, 3.05) is 11.9 Å². The Bertz CT molecular complexity index is 902. The number of anilines is 1. The Balaban J connectivity index is 1.63. The molecule has 0 radical (unpaired) electrons. The predicted molar refractivity (Wildman–Crippen MR) is 94.5 cm³/mol. The smallest absolute Gasteiger partial charge is 0.262 e. The first-order valence-corrected chi connectivity index (χ1v) is 7.92. The first-order valence-electron chi connectivity index (χ1n) is 7.92. The van der Waals surface area contributed by atoms with Crippen molar-refractivity contribution in [2.45, 2.75) is 20.8 Å². The summed E-state index contributed by atoms with van der Waals surface area (Å²) in [5.41, 5.74) is 3.63. The lowest BCUT2D eigenvalue weighted by Gasteiger charge is -2.10. The third kappa shape index (κ3) is 4.23. The number of carbonyl (C=O) groups excluding carboxylic acids is 1. The van der Waals surface area contributed by atoms with Gasteiger partial charge >= 0.3 is 0 Å². The molecule has 1 amide bonds. The maximum atomic E-state index is 12.1. The van der Waals surface area contributed by atoms with E-state index in [0.717, 1.165) is 22.4 Å². The summed E-state index contributed by atoms with van der Waals surface area (Å²) in [5, 5.41) is 6.63. The molecule has 0 atom stereocenters. The average molecular weight is 337 g/mol. The average Bonchev–Trinajstić information content (AvgIpc) is 3.03. The van der Waals surface area contributed by atoms with Crippen LogP contribution in [-0.4, -0.2) is 22.7 Å². The summed E-state index contributed by atoms with van der Waals surface area (Å²) < 4.78 is 10.7. The highest BCUT2D eigenvalue weighted by Crippen LogP contribution is 2.22. The molecular formula is C19H19N3O3. The molecule has 0 aliphatic heterocycles. The van der Waals surface area contributed by atoms with E-state index in [0.29, 0.717) is 17.5 Å². The third-order valence-electron chi connectivity index (χ3n) is 3.65. The zero-order valence-electron chi connectivity index (χ0n) is 14.4. The zero-order chi connectivity index (χ0) is 17.8. The fourth-order valence-electron chi connectivity index (χ4n) is 2.34. The molecule has 1 N–H and O–H groups in total. The van der Waals surface area contributed by atoms with Crippen LogP contribution in [0.5, 0.6) is 5.75 Å². The van der Waals surface area contributed by atoms with Gasteiger partial charge in [-0.05, 0) is 56.2 Å². The molecule has 1 heterocycles. The van der Waals surface area contributed by atoms with Gasteiger partial charge in [0, 0.05) is 11.3 Å². The molecule has 0 unspecified atom stereocenters. The number of benzene rings is 2. The van der Waals surface area contributed by atoms with Gasteiger partial charge in [-0.15, -0.1) is 0 Å². The fourth-order valence-corrected chi connectivity index (χ4v) is 2.34. The largest absolute Gasteiger partial charge is 0.484 e. The molecule has 0 saturated carbocycles. The molecule has 3 rings (SSSR count). The van der Waals surface area contributed by atoms with Gasteiger partial charge in [0.05, 0.1) is 0 Å². The zero-order valence-corrected chi connectivity index (χ0v) is 14.4. The summed E-state index contributed by atoms with van der Waals surface area (Å²) >= 11 is 0. The number of amides is 1. The maximum Gasteiger partial charge on any atom is 0.262 e. The van der Waals surface area contributed by atoms with Crippen molar-refractivity contribution in [3.05, 3.63) is 59.4 Å². The van der Waals surface area contributed by atoms with Gasteiger partial charge < -0.3 is 14.6 Å². The number of hydrogen-bond acceptors (Lipinski definition) is 5. The normalized spacial score (nSPS) is 10.5. The van der Waals surface area contributed by atoms with Crippen LogP contribution >= 0.6 is 0 Å². The van der Waals surface area contributed by atoms with E-state index in [-0.39, 0.29) is 12.5 Å². The van der Waals surface area contributed by atoms with Gasteiger partial charge in [-0.1, -0.05) is 23.4 Å². The molecule has 1 aromatic heterocycles. The Morgan fingerprint density at radius 3 is 2.76 bits per heavy atom. The van der Waals surface area contributed by atoms with E-state index in [1.807, 2.05) is 44.2 Å². The second kappa shape index (κ2) is 7.17. The molecule has 0 fully saturated rings. The van der Waals surface area contributed by atoms with Crippen LogP contribution < -0.4 is 10.1 Å². The lowest BCUT2D eigenvalue weighted by molar-refractivity contribution is -0.118. The van der Waals surface area contributed by atoms with Gasteiger partial charge in [0.1, 0.15) is 5.75 Å². The SMILES string of the molecule is Cc1ccc(C)c(NC(=O)COc2cccc(-c3nc(C)no3)c2)c1. The van der Waals surface area contributed by atoms with E-state index in [1.54, 1.807) is 19.1 Å². The van der Waals surface area contributed by atoms with Crippen molar-refractivity contribution in [1.29, 1.82) is 0 Å². The predicted octanol–water partition coefficient (Wildman–Crippen LogP) is 3.68. The summed E-state index contributed by atoms with van der Waals surface area (Å²) in [7, 11) is 0. The number of nitrogens with zero attached hydrogens (tertiary/aromatic N) is 2. The Hall–Kier alpha value is -3.15. The van der Waals surface area contributed by atoms with E-state index < -0.39 is 0 Å². The monoisotopic (exact) mass is 337 g/mol. The van der Waals surface area contributed by atoms with Crippen LogP contribution in [0.2, 0.25) is 0 Å². The minimum absolute atomic E-state index is 0.0836. The molecule has 2 aromatic carbocycles. The molecule has 25 heavy (non-hydrogen) atoms. The van der Waals surface area contributed by atoms with Crippen molar-refractivity contribution in [2.24, 2.45) is 0 Å². The summed E-state index contributed by atoms with van der Waals surface area (Å²) in [6.07, 6.45) is 0. The van der Waals surface area contributed by atoms with E-state index >= 15 is 0 Å². The summed E-state index contributed by atoms with van der Waals surface area (Å²) in [5.74, 6) is 1.33. The van der Waals surface area contributed by atoms with Crippen LogP contribution in [-0.2, 0) is 4.79 Å². The van der Waals surface area contributed by atoms with Gasteiger partial charge in [0.15, 0.2) is 12.4 Å². The topological polar surface area (TPSA) is 77.2 Å². The van der Waals surface area contributed by atoms with Gasteiger partial charge in [0.2, 0.25) is 0 Å². The number of hydrogen-bond donors (Lipinski definition) is 1. The quantitative estimate of drug-likeness (QED) is 0.768. The second-order valence-corrected chi connectivity index (χ2v) is 5.83. The van der Waals surface area contributed by atoms with E-state index in [4.69, 9.17) is 9.26 Å². The van der Waals surface area contributed by atoms with Crippen LogP contribution in [0.3, 0.4) is 0 Å². The van der Waals surface area contributed by atoms with Gasteiger partial charge in [0.25, 0.3) is 11.8 Å². The molecule has 0 saturated heterocycles. The van der Waals surface area contributed by atoms with Crippen LogP contribution in [0.1, 0.15) is 17.0 Å². The molecule has 0 spiro atoms. The molecule has 0 bridgehead atoms. The molecule has 0 aliphatic rings. The Kier molecular flexibility index (Phi) is 4.79. The van der Waals surface area contributed by atoms with Gasteiger partial charge in [-0.25, -0.2) is 0 Å². The Labute approximate surface area is 145 Å². The number of carbonyl (C=O) groups is 1. The van der Waals surface area contributed by atoms with E-state index in [9.17, 15) is 4.79 Å². The third-order valence-corrected chi connectivity index (χ3v) is 3.65. The van der Waals surface area contributed by atoms with Gasteiger partial charge in [-0.3, -0.25) is 4.79 Å². The van der Waals surface area contributed by atoms with Crippen molar-refractivity contribution >= 4 is 11.6 Å². The van der Waals surface area contributed by atoms with Crippen molar-refractivity contribution in [1.82, 2.24) is 10.1 Å². The number of nitrogens with one attached hydrogen (secondary N) is 1. The van der Waals surface area contributed by atoms with Crippen LogP contribution in [0.4, 0.5) is 5.69 Å². The van der Waals surface area contributed by atoms with Crippen molar-refractivity contribution < 1.29 is 14.1 Å². The standard InChI is InChI=1S/C19H19N3O3/c1-12-7-8-13(2)17(9-12)21-18(23)11-24-16-6-4-5-15(10-16)19-20-14(3)22-25-19/h4-10H,11H2,1-3H3,(H,21,23). The molecule has 6 heteroatoms. The summed E-state index contributed by atoms with van der Waals surface area (Å²) in [6, 6.07) is 13.1. The summed E-state index contributed by atoms with van der Waals surface area (Å²) in [4.78, 5) is 16.3. The highest BCUT2D eigenvalue weighted by Gasteiger charge is 2.09. The molecule has 3 aromatic rings. The number of rotatable bonds is 5. The lowest BCUT2D eigenvalue weighted by Crippen LogP contribution is -2.20. The van der Waals surface area contributed by atoms with Crippen LogP contribution in [0.15, 0.2) is 47.0 Å². The second-order valence-electron chi connectivity index (χ2n) is 5.83. The van der Waals surface area contributed by atoms with Crippen LogP contribution in [0, 0.1) is 20.8 Å². The molecular weight excluding hydrogens is 318 g/mol. The molecule has 0 aliphatic carbocycles. The lowest BCUT2D eigenvalue weighted by atomic mass is 10.1. The molecule has 6 nitrogen and oxygen atoms in total.